The summed E-state index contributed by atoms with van der Waals surface area (Å²) >= 11 is 0. The molecular formula is C24H21F2N3O2. The molecule has 1 heterocycles. The third-order valence-corrected chi connectivity index (χ3v) is 5.03. The summed E-state index contributed by atoms with van der Waals surface area (Å²) in [6, 6.07) is 22.9. The van der Waals surface area contributed by atoms with Crippen LogP contribution in [0.2, 0.25) is 0 Å². The fourth-order valence-corrected chi connectivity index (χ4v) is 3.51. The van der Waals surface area contributed by atoms with Crippen LogP contribution in [0.3, 0.4) is 0 Å². The molecule has 4 rings (SSSR count). The van der Waals surface area contributed by atoms with Crippen LogP contribution in [-0.2, 0) is 0 Å². The van der Waals surface area contributed by atoms with Crippen molar-refractivity contribution in [3.8, 4) is 5.75 Å². The van der Waals surface area contributed by atoms with E-state index in [1.165, 1.54) is 12.1 Å². The van der Waals surface area contributed by atoms with Gasteiger partial charge in [0.1, 0.15) is 11.6 Å². The Morgan fingerprint density at radius 3 is 2.26 bits per heavy atom. The quantitative estimate of drug-likeness (QED) is 0.442. The number of nitrogens with zero attached hydrogens (tertiary/aromatic N) is 1. The number of H-pyrrole nitrogens is 1. The summed E-state index contributed by atoms with van der Waals surface area (Å²) in [5, 5.41) is 4.03. The molecule has 0 spiro atoms. The van der Waals surface area contributed by atoms with Gasteiger partial charge in [0.15, 0.2) is 0 Å². The highest BCUT2D eigenvalue weighted by molar-refractivity contribution is 5.77. The van der Waals surface area contributed by atoms with Gasteiger partial charge in [-0.05, 0) is 42.3 Å². The van der Waals surface area contributed by atoms with E-state index in [1.54, 1.807) is 30.3 Å². The summed E-state index contributed by atoms with van der Waals surface area (Å²) in [4.78, 5) is 19.9. The molecule has 0 unspecified atom stereocenters. The highest BCUT2D eigenvalue weighted by Crippen LogP contribution is 2.27. The molecule has 0 saturated carbocycles. The van der Waals surface area contributed by atoms with Gasteiger partial charge in [-0.2, -0.15) is 8.78 Å². The van der Waals surface area contributed by atoms with Gasteiger partial charge < -0.3 is 9.72 Å². The van der Waals surface area contributed by atoms with Gasteiger partial charge in [0.05, 0.1) is 23.0 Å². The van der Waals surface area contributed by atoms with Crippen LogP contribution in [0.4, 0.5) is 8.78 Å². The Hall–Kier alpha value is -3.58. The Morgan fingerprint density at radius 1 is 0.903 bits per heavy atom. The van der Waals surface area contributed by atoms with Crippen LogP contribution in [0.15, 0.2) is 83.7 Å². The zero-order valence-corrected chi connectivity index (χ0v) is 16.8. The molecule has 4 aromatic rings. The van der Waals surface area contributed by atoms with Gasteiger partial charge in [0.2, 0.25) is 0 Å². The molecule has 0 saturated heterocycles. The van der Waals surface area contributed by atoms with Gasteiger partial charge in [-0.15, -0.1) is 0 Å². The number of ether oxygens (including phenoxy) is 1. The van der Waals surface area contributed by atoms with E-state index >= 15 is 0 Å². The Morgan fingerprint density at radius 2 is 1.55 bits per heavy atom. The van der Waals surface area contributed by atoms with Crippen LogP contribution >= 0.6 is 0 Å². The molecule has 0 amide bonds. The van der Waals surface area contributed by atoms with Gasteiger partial charge in [-0.25, -0.2) is 4.98 Å². The number of halogens is 2. The lowest BCUT2D eigenvalue weighted by atomic mass is 9.97. The number of nitrogens with one attached hydrogen (secondary N) is 2. The highest BCUT2D eigenvalue weighted by atomic mass is 19.3. The van der Waals surface area contributed by atoms with Crippen LogP contribution in [0, 0.1) is 0 Å². The van der Waals surface area contributed by atoms with Crippen LogP contribution < -0.4 is 15.6 Å². The third kappa shape index (κ3) is 4.78. The fourth-order valence-electron chi connectivity index (χ4n) is 3.51. The second-order valence-corrected chi connectivity index (χ2v) is 7.15. The first kappa shape index (κ1) is 20.7. The molecule has 0 radical (unpaired) electrons. The molecule has 0 bridgehead atoms. The average molecular weight is 421 g/mol. The maximum Gasteiger partial charge on any atom is 0.387 e. The van der Waals surface area contributed by atoms with Gasteiger partial charge >= 0.3 is 6.61 Å². The first-order valence-electron chi connectivity index (χ1n) is 9.86. The number of benzene rings is 3. The molecule has 2 atom stereocenters. The number of fused-ring (bicyclic) bond motifs is 1. The van der Waals surface area contributed by atoms with Crippen molar-refractivity contribution in [1.29, 1.82) is 0 Å². The molecular weight excluding hydrogens is 400 g/mol. The first-order valence-corrected chi connectivity index (χ1v) is 9.86. The molecule has 1 aromatic heterocycles. The smallest absolute Gasteiger partial charge is 0.387 e. The van der Waals surface area contributed by atoms with Crippen molar-refractivity contribution in [1.82, 2.24) is 15.3 Å². The van der Waals surface area contributed by atoms with Crippen molar-refractivity contribution < 1.29 is 13.5 Å². The molecule has 31 heavy (non-hydrogen) atoms. The minimum atomic E-state index is -2.87. The lowest BCUT2D eigenvalue weighted by Gasteiger charge is -2.24. The Bertz CT molecular complexity index is 1210. The number of hydrogen-bond acceptors (Lipinski definition) is 4. The maximum absolute atomic E-state index is 12.5. The predicted molar refractivity (Wildman–Crippen MR) is 115 cm³/mol. The maximum atomic E-state index is 12.5. The standard InChI is InChI=1S/C24H21F2N3O2/c1-15(22-28-20-10-6-5-9-19(20)23(30)29-22)27-21(16-7-3-2-4-8-16)17-11-13-18(14-12-17)31-24(25)26/h2-15,21,24,27H,1H3,(H,28,29,30)/t15-,21+/m0/s1. The first-order chi connectivity index (χ1) is 15.0. The van der Waals surface area contributed by atoms with E-state index in [-0.39, 0.29) is 23.4 Å². The van der Waals surface area contributed by atoms with E-state index in [0.29, 0.717) is 16.7 Å². The largest absolute Gasteiger partial charge is 0.435 e. The van der Waals surface area contributed by atoms with Crippen molar-refractivity contribution in [2.75, 3.05) is 0 Å². The molecule has 7 heteroatoms. The van der Waals surface area contributed by atoms with E-state index < -0.39 is 6.61 Å². The van der Waals surface area contributed by atoms with Gasteiger partial charge in [-0.1, -0.05) is 54.6 Å². The van der Waals surface area contributed by atoms with Crippen molar-refractivity contribution >= 4 is 10.9 Å². The molecule has 0 aliphatic carbocycles. The topological polar surface area (TPSA) is 67.0 Å². The van der Waals surface area contributed by atoms with Crippen LogP contribution in [-0.4, -0.2) is 16.6 Å². The number of para-hydroxylation sites is 1. The molecule has 3 aromatic carbocycles. The molecule has 2 N–H and O–H groups in total. The predicted octanol–water partition coefficient (Wildman–Crippen LogP) is 4.96. The minimum absolute atomic E-state index is 0.0964. The number of hydrogen-bond donors (Lipinski definition) is 2. The van der Waals surface area contributed by atoms with Gasteiger partial charge in [0.25, 0.3) is 5.56 Å². The zero-order chi connectivity index (χ0) is 21.8. The third-order valence-electron chi connectivity index (χ3n) is 5.03. The lowest BCUT2D eigenvalue weighted by molar-refractivity contribution is -0.0498. The van der Waals surface area contributed by atoms with Crippen molar-refractivity contribution in [3.63, 3.8) is 0 Å². The summed E-state index contributed by atoms with van der Waals surface area (Å²) in [5.41, 5.74) is 2.28. The summed E-state index contributed by atoms with van der Waals surface area (Å²) in [5.74, 6) is 0.612. The SMILES string of the molecule is C[C@H](N[C@H](c1ccccc1)c1ccc(OC(F)F)cc1)c1nc2ccccc2c(=O)[nH]1. The van der Waals surface area contributed by atoms with Crippen LogP contribution in [0.1, 0.15) is 36.0 Å². The van der Waals surface area contributed by atoms with Crippen LogP contribution in [0.5, 0.6) is 5.75 Å². The van der Waals surface area contributed by atoms with E-state index in [9.17, 15) is 13.6 Å². The van der Waals surface area contributed by atoms with Crippen LogP contribution in [0.25, 0.3) is 10.9 Å². The summed E-state index contributed by atoms with van der Waals surface area (Å²) < 4.78 is 29.4. The van der Waals surface area contributed by atoms with Crippen molar-refractivity contribution in [2.24, 2.45) is 0 Å². The fraction of sp³-hybridized carbons (Fsp3) is 0.167. The Kier molecular flexibility index (Phi) is 6.04. The summed E-state index contributed by atoms with van der Waals surface area (Å²) in [6.45, 7) is -0.957. The number of aromatic amines is 1. The molecule has 158 valence electrons. The summed E-state index contributed by atoms with van der Waals surface area (Å²) in [7, 11) is 0. The van der Waals surface area contributed by atoms with E-state index in [4.69, 9.17) is 0 Å². The van der Waals surface area contributed by atoms with E-state index in [1.807, 2.05) is 43.3 Å². The molecule has 0 fully saturated rings. The average Bonchev–Trinajstić information content (AvgIpc) is 2.78. The Balaban J connectivity index is 1.66. The minimum Gasteiger partial charge on any atom is -0.435 e. The molecule has 0 aliphatic heterocycles. The van der Waals surface area contributed by atoms with Crippen molar-refractivity contribution in [2.45, 2.75) is 25.6 Å². The van der Waals surface area contributed by atoms with E-state index in [2.05, 4.69) is 20.0 Å². The summed E-state index contributed by atoms with van der Waals surface area (Å²) in [6.07, 6.45) is 0. The van der Waals surface area contributed by atoms with Gasteiger partial charge in [0, 0.05) is 0 Å². The highest BCUT2D eigenvalue weighted by Gasteiger charge is 2.20. The normalized spacial score (nSPS) is 13.3. The second-order valence-electron chi connectivity index (χ2n) is 7.15. The number of rotatable bonds is 7. The lowest BCUT2D eigenvalue weighted by Crippen LogP contribution is -2.28. The molecule has 5 nitrogen and oxygen atoms in total. The van der Waals surface area contributed by atoms with E-state index in [0.717, 1.165) is 11.1 Å². The Labute approximate surface area is 177 Å². The van der Waals surface area contributed by atoms with Crippen molar-refractivity contribution in [3.05, 3.63) is 106 Å². The van der Waals surface area contributed by atoms with Gasteiger partial charge in [-0.3, -0.25) is 10.1 Å². The number of aromatic nitrogens is 2. The molecule has 0 aliphatic rings. The zero-order valence-electron chi connectivity index (χ0n) is 16.8. The second kappa shape index (κ2) is 9.06. The number of alkyl halides is 2. The monoisotopic (exact) mass is 421 g/mol.